The van der Waals surface area contributed by atoms with E-state index in [1.165, 1.54) is 30.5 Å². The summed E-state index contributed by atoms with van der Waals surface area (Å²) in [7, 11) is 1.55. The van der Waals surface area contributed by atoms with E-state index in [-0.39, 0.29) is 40.0 Å². The second-order valence-corrected chi connectivity index (χ2v) is 8.78. The third kappa shape index (κ3) is 3.97. The molecule has 0 aliphatic carbocycles. The van der Waals surface area contributed by atoms with Crippen molar-refractivity contribution in [1.82, 2.24) is 30.1 Å². The van der Waals surface area contributed by atoms with Gasteiger partial charge >= 0.3 is 12.1 Å². The summed E-state index contributed by atoms with van der Waals surface area (Å²) in [4.78, 5) is 30.2. The molecular weight excluding hydrogens is 518 g/mol. The first kappa shape index (κ1) is 25.4. The van der Waals surface area contributed by atoms with Gasteiger partial charge in [0.15, 0.2) is 11.5 Å². The summed E-state index contributed by atoms with van der Waals surface area (Å²) in [6.07, 6.45) is -6.74. The van der Waals surface area contributed by atoms with Crippen molar-refractivity contribution in [3.05, 3.63) is 53.2 Å². The van der Waals surface area contributed by atoms with Crippen LogP contribution in [0.5, 0.6) is 0 Å². The Morgan fingerprint density at radius 2 is 1.74 bits per heavy atom. The SMILES string of the molecule is CNc1nc(-c2nc(CCC(F)(F)C(F)(F)F)nc3[nH]ncc23)nc2c1C(C)(c1ccc(F)cc1)C(=O)N2. The first-order valence-corrected chi connectivity index (χ1v) is 11.2. The Hall–Kier alpha value is -4.30. The van der Waals surface area contributed by atoms with Crippen LogP contribution in [0.25, 0.3) is 22.6 Å². The molecule has 15 heteroatoms. The average Bonchev–Trinajstić information content (AvgIpc) is 3.44. The number of carbonyl (C=O) groups is 1. The number of hydrogen-bond acceptors (Lipinski definition) is 7. The normalized spacial score (nSPS) is 17.5. The number of nitrogens with one attached hydrogen (secondary N) is 3. The number of aromatic amines is 1. The monoisotopic (exact) mass is 536 g/mol. The lowest BCUT2D eigenvalue weighted by atomic mass is 9.77. The number of halogens is 6. The molecule has 198 valence electrons. The highest BCUT2D eigenvalue weighted by molar-refractivity contribution is 6.09. The minimum atomic E-state index is -5.71. The fraction of sp³-hybridized carbons (Fsp3) is 0.304. The molecule has 3 N–H and O–H groups in total. The van der Waals surface area contributed by atoms with E-state index in [2.05, 4.69) is 40.8 Å². The van der Waals surface area contributed by atoms with Crippen LogP contribution in [0.1, 0.15) is 30.3 Å². The predicted octanol–water partition coefficient (Wildman–Crippen LogP) is 4.38. The van der Waals surface area contributed by atoms with Crippen LogP contribution in [0.2, 0.25) is 0 Å². The Bertz CT molecular complexity index is 1550. The molecule has 0 fully saturated rings. The fourth-order valence-corrected chi connectivity index (χ4v) is 4.29. The first-order chi connectivity index (χ1) is 17.8. The van der Waals surface area contributed by atoms with E-state index in [0.29, 0.717) is 11.1 Å². The zero-order valence-electron chi connectivity index (χ0n) is 19.7. The summed E-state index contributed by atoms with van der Waals surface area (Å²) in [6.45, 7) is 1.63. The van der Waals surface area contributed by atoms with Gasteiger partial charge in [-0.15, -0.1) is 0 Å². The van der Waals surface area contributed by atoms with Gasteiger partial charge in [0.2, 0.25) is 5.91 Å². The Morgan fingerprint density at radius 3 is 2.39 bits per heavy atom. The molecule has 38 heavy (non-hydrogen) atoms. The van der Waals surface area contributed by atoms with E-state index in [1.807, 2.05) is 0 Å². The lowest BCUT2D eigenvalue weighted by molar-refractivity contribution is -0.284. The van der Waals surface area contributed by atoms with Crippen molar-refractivity contribution >= 4 is 28.6 Å². The van der Waals surface area contributed by atoms with Gasteiger partial charge in [0.1, 0.15) is 34.4 Å². The number of aromatic nitrogens is 6. The van der Waals surface area contributed by atoms with E-state index in [4.69, 9.17) is 0 Å². The summed E-state index contributed by atoms with van der Waals surface area (Å²) in [5.41, 5.74) is -0.336. The van der Waals surface area contributed by atoms with E-state index in [9.17, 15) is 31.1 Å². The molecule has 1 aliphatic heterocycles. The summed E-state index contributed by atoms with van der Waals surface area (Å²) < 4.78 is 78.5. The first-order valence-electron chi connectivity index (χ1n) is 11.2. The van der Waals surface area contributed by atoms with Gasteiger partial charge in [0.05, 0.1) is 17.1 Å². The molecule has 4 aromatic rings. The molecule has 4 heterocycles. The van der Waals surface area contributed by atoms with Crippen molar-refractivity contribution in [2.45, 2.75) is 37.3 Å². The highest BCUT2D eigenvalue weighted by Gasteiger charge is 2.56. The van der Waals surface area contributed by atoms with E-state index in [0.717, 1.165) is 0 Å². The molecule has 0 radical (unpaired) electrons. The standard InChI is InChI=1S/C23H18F6N8O/c1-21(10-3-5-11(24)6-4-10)14-17(30-2)34-19(35-18(14)36-20(21)38)15-12-9-31-37-16(12)33-13(32-15)7-8-22(25,26)23(27,28)29/h3-6,9H,7-8H2,1-2H3,(H,31,32,33,37)(H2,30,34,35,36,38). The maximum absolute atomic E-state index is 13.5. The Kier molecular flexibility index (Phi) is 5.76. The number of fused-ring (bicyclic) bond motifs is 2. The van der Waals surface area contributed by atoms with Gasteiger partial charge in [-0.25, -0.2) is 24.3 Å². The van der Waals surface area contributed by atoms with Gasteiger partial charge in [-0.3, -0.25) is 9.89 Å². The highest BCUT2D eigenvalue weighted by atomic mass is 19.4. The van der Waals surface area contributed by atoms with Crippen LogP contribution in [0.4, 0.5) is 38.0 Å². The Labute approximate surface area is 210 Å². The molecule has 0 saturated carbocycles. The fourth-order valence-electron chi connectivity index (χ4n) is 4.29. The maximum atomic E-state index is 13.5. The quantitative estimate of drug-likeness (QED) is 0.313. The number of nitrogens with zero attached hydrogens (tertiary/aromatic N) is 5. The van der Waals surface area contributed by atoms with Crippen LogP contribution >= 0.6 is 0 Å². The van der Waals surface area contributed by atoms with E-state index < -0.39 is 42.1 Å². The van der Waals surface area contributed by atoms with Crippen molar-refractivity contribution in [2.24, 2.45) is 0 Å². The van der Waals surface area contributed by atoms with Crippen molar-refractivity contribution in [3.8, 4) is 11.5 Å². The van der Waals surface area contributed by atoms with Gasteiger partial charge in [0.25, 0.3) is 0 Å². The smallest absolute Gasteiger partial charge is 0.373 e. The third-order valence-corrected chi connectivity index (χ3v) is 6.40. The molecular formula is C23H18F6N8O. The van der Waals surface area contributed by atoms with Gasteiger partial charge < -0.3 is 10.6 Å². The van der Waals surface area contributed by atoms with Crippen LogP contribution in [0, 0.1) is 5.82 Å². The maximum Gasteiger partial charge on any atom is 0.453 e. The van der Waals surface area contributed by atoms with Crippen molar-refractivity contribution in [1.29, 1.82) is 0 Å². The van der Waals surface area contributed by atoms with Crippen molar-refractivity contribution in [2.75, 3.05) is 17.7 Å². The average molecular weight is 536 g/mol. The van der Waals surface area contributed by atoms with Crippen LogP contribution in [-0.2, 0) is 16.6 Å². The lowest BCUT2D eigenvalue weighted by Gasteiger charge is -2.24. The summed E-state index contributed by atoms with van der Waals surface area (Å²) in [5, 5.41) is 12.3. The van der Waals surface area contributed by atoms with Gasteiger partial charge in [-0.05, 0) is 24.6 Å². The number of aryl methyl sites for hydroxylation is 1. The topological polar surface area (TPSA) is 121 Å². The minimum absolute atomic E-state index is 0.0120. The highest BCUT2D eigenvalue weighted by Crippen LogP contribution is 2.46. The molecule has 5 rings (SSSR count). The Morgan fingerprint density at radius 1 is 1.03 bits per heavy atom. The molecule has 9 nitrogen and oxygen atoms in total. The molecule has 0 bridgehead atoms. The van der Waals surface area contributed by atoms with Crippen LogP contribution < -0.4 is 10.6 Å². The second-order valence-electron chi connectivity index (χ2n) is 8.78. The van der Waals surface area contributed by atoms with E-state index in [1.54, 1.807) is 14.0 Å². The molecule has 0 saturated heterocycles. The number of benzene rings is 1. The minimum Gasteiger partial charge on any atom is -0.373 e. The Balaban J connectivity index is 1.61. The van der Waals surface area contributed by atoms with Crippen LogP contribution in [-0.4, -0.2) is 55.2 Å². The van der Waals surface area contributed by atoms with Crippen molar-refractivity contribution < 1.29 is 31.1 Å². The molecule has 3 aromatic heterocycles. The number of anilines is 2. The van der Waals surface area contributed by atoms with Gasteiger partial charge in [-0.2, -0.15) is 27.1 Å². The zero-order valence-corrected chi connectivity index (χ0v) is 19.7. The largest absolute Gasteiger partial charge is 0.453 e. The molecule has 1 amide bonds. The molecule has 1 aromatic carbocycles. The number of amides is 1. The number of hydrogen-bond donors (Lipinski definition) is 3. The molecule has 0 spiro atoms. The summed E-state index contributed by atoms with van der Waals surface area (Å²) >= 11 is 0. The van der Waals surface area contributed by atoms with Crippen molar-refractivity contribution in [3.63, 3.8) is 0 Å². The van der Waals surface area contributed by atoms with Gasteiger partial charge in [0, 0.05) is 19.9 Å². The number of rotatable bonds is 6. The molecule has 1 atom stereocenters. The second kappa shape index (κ2) is 8.63. The van der Waals surface area contributed by atoms with E-state index >= 15 is 0 Å². The summed E-state index contributed by atoms with van der Waals surface area (Å²) in [5.74, 6) is -5.89. The van der Waals surface area contributed by atoms with Crippen LogP contribution in [0.15, 0.2) is 30.5 Å². The predicted molar refractivity (Wildman–Crippen MR) is 123 cm³/mol. The lowest BCUT2D eigenvalue weighted by Crippen LogP contribution is -2.36. The number of H-pyrrole nitrogens is 1. The third-order valence-electron chi connectivity index (χ3n) is 6.40. The van der Waals surface area contributed by atoms with Crippen LogP contribution in [0.3, 0.4) is 0 Å². The zero-order chi connectivity index (χ0) is 27.5. The number of carbonyl (C=O) groups excluding carboxylic acids is 1. The summed E-state index contributed by atoms with van der Waals surface area (Å²) in [6, 6.07) is 5.39. The van der Waals surface area contributed by atoms with Gasteiger partial charge in [-0.1, -0.05) is 12.1 Å². The molecule has 1 unspecified atom stereocenters. The molecule has 1 aliphatic rings. The number of alkyl halides is 5.